The van der Waals surface area contributed by atoms with Crippen LogP contribution in [-0.4, -0.2) is 30.7 Å². The number of aromatic amines is 2. The average Bonchev–Trinajstić information content (AvgIpc) is 2.47. The number of rotatable bonds is 0. The number of aromatic nitrogens is 4. The molecule has 8 heteroatoms. The first-order chi connectivity index (χ1) is 6.59. The van der Waals surface area contributed by atoms with E-state index < -0.39 is 17.3 Å². The van der Waals surface area contributed by atoms with Crippen LogP contribution in [-0.2, 0) is 0 Å². The third-order valence-electron chi connectivity index (χ3n) is 1.65. The summed E-state index contributed by atoms with van der Waals surface area (Å²) in [6.07, 6.45) is -0.383. The second-order valence-corrected chi connectivity index (χ2v) is 2.50. The Hall–Kier alpha value is -2.38. The first-order valence-corrected chi connectivity index (χ1v) is 3.52. The quantitative estimate of drug-likeness (QED) is 0.495. The molecule has 0 aliphatic heterocycles. The number of H-pyrrole nitrogens is 2. The van der Waals surface area contributed by atoms with Crippen molar-refractivity contribution in [3.63, 3.8) is 0 Å². The van der Waals surface area contributed by atoms with Crippen LogP contribution in [0.1, 0.15) is 0 Å². The van der Waals surface area contributed by atoms with Crippen molar-refractivity contribution in [1.29, 1.82) is 0 Å². The van der Waals surface area contributed by atoms with Crippen LogP contribution in [0.15, 0.2) is 15.9 Å². The number of hydrogen-bond donors (Lipinski definition) is 3. The molecule has 72 valence electrons. The molecule has 0 fully saturated rings. The van der Waals surface area contributed by atoms with Gasteiger partial charge in [-0.05, 0) is 0 Å². The highest BCUT2D eigenvalue weighted by molar-refractivity contribution is 5.81. The summed E-state index contributed by atoms with van der Waals surface area (Å²) in [5, 5.41) is 8.64. The van der Waals surface area contributed by atoms with Gasteiger partial charge in [-0.2, -0.15) is 0 Å². The average molecular weight is 196 g/mol. The molecule has 0 saturated heterocycles. The molecule has 0 amide bonds. The van der Waals surface area contributed by atoms with Gasteiger partial charge >= 0.3 is 11.8 Å². The van der Waals surface area contributed by atoms with Gasteiger partial charge in [0.1, 0.15) is 6.33 Å². The summed E-state index contributed by atoms with van der Waals surface area (Å²) in [6.45, 7) is 0. The molecule has 2 rings (SSSR count). The van der Waals surface area contributed by atoms with Crippen LogP contribution in [0.3, 0.4) is 0 Å². The van der Waals surface area contributed by atoms with Gasteiger partial charge in [0.15, 0.2) is 11.2 Å². The van der Waals surface area contributed by atoms with Gasteiger partial charge < -0.3 is 5.11 Å². The molecule has 2 aromatic rings. The largest absolute Gasteiger partial charge is 0.464 e. The summed E-state index contributed by atoms with van der Waals surface area (Å²) in [4.78, 5) is 40.2. The van der Waals surface area contributed by atoms with Gasteiger partial charge in [0.25, 0.3) is 5.56 Å². The molecule has 0 unspecified atom stereocenters. The minimum absolute atomic E-state index is 0.119. The lowest BCUT2D eigenvalue weighted by atomic mass is 10.5. The fourth-order valence-corrected chi connectivity index (χ4v) is 1.08. The van der Waals surface area contributed by atoms with Gasteiger partial charge in [-0.15, -0.1) is 0 Å². The molecule has 0 bridgehead atoms. The van der Waals surface area contributed by atoms with Gasteiger partial charge in [-0.1, -0.05) is 0 Å². The Morgan fingerprint density at radius 1 is 1.43 bits per heavy atom. The van der Waals surface area contributed by atoms with Gasteiger partial charge in [-0.25, -0.2) is 19.1 Å². The molecular formula is C6H4N4O4. The minimum Gasteiger partial charge on any atom is -0.464 e. The monoisotopic (exact) mass is 196 g/mol. The maximum absolute atomic E-state index is 11.1. The lowest BCUT2D eigenvalue weighted by Crippen LogP contribution is -2.23. The summed E-state index contributed by atoms with van der Waals surface area (Å²) >= 11 is 0. The molecule has 0 spiro atoms. The summed E-state index contributed by atoms with van der Waals surface area (Å²) in [7, 11) is 0. The van der Waals surface area contributed by atoms with Gasteiger partial charge in [0.2, 0.25) is 0 Å². The Morgan fingerprint density at radius 3 is 2.79 bits per heavy atom. The predicted octanol–water partition coefficient (Wildman–Crippen LogP) is -1.06. The zero-order valence-electron chi connectivity index (χ0n) is 6.64. The normalized spacial score (nSPS) is 10.6. The van der Waals surface area contributed by atoms with Crippen LogP contribution in [0.5, 0.6) is 0 Å². The van der Waals surface area contributed by atoms with E-state index in [4.69, 9.17) is 5.11 Å². The molecule has 0 saturated carbocycles. The van der Waals surface area contributed by atoms with Crippen LogP contribution < -0.4 is 11.2 Å². The molecule has 2 aromatic heterocycles. The molecule has 2 heterocycles. The Balaban J connectivity index is 3.00. The van der Waals surface area contributed by atoms with E-state index in [0.29, 0.717) is 4.57 Å². The number of carboxylic acid groups (broad SMARTS) is 1. The Kier molecular flexibility index (Phi) is 1.50. The Morgan fingerprint density at radius 2 is 2.14 bits per heavy atom. The lowest BCUT2D eigenvalue weighted by molar-refractivity contribution is 0.197. The summed E-state index contributed by atoms with van der Waals surface area (Å²) in [6, 6.07) is 0. The van der Waals surface area contributed by atoms with E-state index in [1.165, 1.54) is 0 Å². The standard InChI is InChI=1S/C6H4N4O4/c11-4-2-3(8-5(12)9-4)10(1-7-2)6(13)14/h1H,(H,13,14)(H2,8,9,11,12). The summed E-state index contributed by atoms with van der Waals surface area (Å²) in [5.74, 6) is 0. The lowest BCUT2D eigenvalue weighted by Gasteiger charge is -1.93. The van der Waals surface area contributed by atoms with Crippen LogP contribution in [0, 0.1) is 0 Å². The van der Waals surface area contributed by atoms with E-state index in [1.807, 2.05) is 4.98 Å². The van der Waals surface area contributed by atoms with Crippen molar-refractivity contribution < 1.29 is 9.90 Å². The molecule has 8 nitrogen and oxygen atoms in total. The van der Waals surface area contributed by atoms with E-state index in [2.05, 4.69) is 9.97 Å². The summed E-state index contributed by atoms with van der Waals surface area (Å²) in [5.41, 5.74) is -1.74. The number of imidazole rings is 1. The third-order valence-corrected chi connectivity index (χ3v) is 1.65. The van der Waals surface area contributed by atoms with Crippen molar-refractivity contribution >= 4 is 17.3 Å². The van der Waals surface area contributed by atoms with Crippen molar-refractivity contribution in [2.75, 3.05) is 0 Å². The topological polar surface area (TPSA) is 121 Å². The van der Waals surface area contributed by atoms with Gasteiger partial charge in [0.05, 0.1) is 0 Å². The van der Waals surface area contributed by atoms with E-state index >= 15 is 0 Å². The third kappa shape index (κ3) is 1.01. The second-order valence-electron chi connectivity index (χ2n) is 2.50. The number of fused-ring (bicyclic) bond motifs is 1. The fourth-order valence-electron chi connectivity index (χ4n) is 1.08. The zero-order chi connectivity index (χ0) is 10.3. The number of hydrogen-bond acceptors (Lipinski definition) is 4. The van der Waals surface area contributed by atoms with E-state index in [9.17, 15) is 14.4 Å². The highest BCUT2D eigenvalue weighted by Gasteiger charge is 2.11. The fraction of sp³-hybridized carbons (Fsp3) is 0. The molecule has 0 atom stereocenters. The Bertz CT molecular complexity index is 619. The van der Waals surface area contributed by atoms with Crippen LogP contribution >= 0.6 is 0 Å². The minimum atomic E-state index is -1.33. The molecular weight excluding hydrogens is 192 g/mol. The van der Waals surface area contributed by atoms with Gasteiger partial charge in [-0.3, -0.25) is 14.8 Å². The molecule has 14 heavy (non-hydrogen) atoms. The SMILES string of the molecule is O=C(O)n1cnc2c(=O)[nH]c(=O)[nH]c21. The van der Waals surface area contributed by atoms with Crippen molar-refractivity contribution in [3.8, 4) is 0 Å². The smallest absolute Gasteiger partial charge is 0.418 e. The maximum atomic E-state index is 11.1. The number of carbonyl (C=O) groups is 1. The number of nitrogens with one attached hydrogen (secondary N) is 2. The second kappa shape index (κ2) is 2.55. The van der Waals surface area contributed by atoms with Crippen molar-refractivity contribution in [1.82, 2.24) is 19.5 Å². The van der Waals surface area contributed by atoms with Gasteiger partial charge in [0, 0.05) is 0 Å². The zero-order valence-corrected chi connectivity index (χ0v) is 6.64. The first kappa shape index (κ1) is 8.23. The highest BCUT2D eigenvalue weighted by atomic mass is 16.4. The van der Waals surface area contributed by atoms with Crippen LogP contribution in [0.25, 0.3) is 11.2 Å². The first-order valence-electron chi connectivity index (χ1n) is 3.52. The summed E-state index contributed by atoms with van der Waals surface area (Å²) < 4.78 is 0.659. The van der Waals surface area contributed by atoms with E-state index in [-0.39, 0.29) is 11.2 Å². The highest BCUT2D eigenvalue weighted by Crippen LogP contribution is 2.01. The molecule has 0 aliphatic carbocycles. The predicted molar refractivity (Wildman–Crippen MR) is 44.4 cm³/mol. The molecule has 0 radical (unpaired) electrons. The van der Waals surface area contributed by atoms with E-state index in [0.717, 1.165) is 6.33 Å². The number of nitrogens with zero attached hydrogens (tertiary/aromatic N) is 2. The molecule has 3 N–H and O–H groups in total. The van der Waals surface area contributed by atoms with Crippen molar-refractivity contribution in [3.05, 3.63) is 27.2 Å². The Labute approximate surface area is 74.8 Å². The van der Waals surface area contributed by atoms with E-state index in [1.54, 1.807) is 0 Å². The maximum Gasteiger partial charge on any atom is 0.418 e. The molecule has 0 aliphatic rings. The van der Waals surface area contributed by atoms with Crippen molar-refractivity contribution in [2.24, 2.45) is 0 Å². The van der Waals surface area contributed by atoms with Crippen LogP contribution in [0.4, 0.5) is 4.79 Å². The van der Waals surface area contributed by atoms with Crippen molar-refractivity contribution in [2.45, 2.75) is 0 Å². The molecule has 0 aromatic carbocycles. The van der Waals surface area contributed by atoms with Crippen LogP contribution in [0.2, 0.25) is 0 Å².